The van der Waals surface area contributed by atoms with E-state index in [0.717, 1.165) is 43.8 Å². The van der Waals surface area contributed by atoms with Gasteiger partial charge in [0, 0.05) is 25.0 Å². The van der Waals surface area contributed by atoms with Gasteiger partial charge in [0.05, 0.1) is 40.4 Å². The number of halogens is 1. The fraction of sp³-hybridized carbons (Fsp3) is 0.818. The van der Waals surface area contributed by atoms with Crippen LogP contribution in [-0.4, -0.2) is 58.1 Å². The summed E-state index contributed by atoms with van der Waals surface area (Å²) in [5.41, 5.74) is 0. The topological polar surface area (TPSA) is 18.5 Å². The highest BCUT2D eigenvalue weighted by atomic mass is 35.5. The lowest BCUT2D eigenvalue weighted by Gasteiger charge is -2.23. The Labute approximate surface area is 307 Å². The van der Waals surface area contributed by atoms with E-state index >= 15 is 0 Å². The molecule has 282 valence electrons. The van der Waals surface area contributed by atoms with Gasteiger partial charge >= 0.3 is 0 Å². The van der Waals surface area contributed by atoms with Crippen molar-refractivity contribution in [2.75, 3.05) is 53.6 Å². The van der Waals surface area contributed by atoms with E-state index in [0.29, 0.717) is 11.8 Å². The lowest BCUT2D eigenvalue weighted by atomic mass is 9.98. The monoisotopic (exact) mass is 692 g/mol. The molecule has 0 N–H and O–H groups in total. The third-order valence-corrected chi connectivity index (χ3v) is 9.77. The van der Waals surface area contributed by atoms with Gasteiger partial charge in [0.1, 0.15) is 0 Å². The van der Waals surface area contributed by atoms with Gasteiger partial charge in [-0.1, -0.05) is 140 Å². The molecule has 0 radical (unpaired) electrons. The molecule has 0 aromatic carbocycles. The molecule has 48 heavy (non-hydrogen) atoms. The Bertz CT molecular complexity index is 712. The number of hydrogen-bond acceptors (Lipinski definition) is 2. The summed E-state index contributed by atoms with van der Waals surface area (Å²) in [4.78, 5) is 0. The van der Waals surface area contributed by atoms with E-state index in [1.165, 1.54) is 154 Å². The third-order valence-electron chi connectivity index (χ3n) is 9.77. The average molecular weight is 693 g/mol. The minimum absolute atomic E-state index is 0. The van der Waals surface area contributed by atoms with Crippen molar-refractivity contribution in [3.63, 3.8) is 0 Å². The van der Waals surface area contributed by atoms with E-state index in [4.69, 9.17) is 9.47 Å². The predicted octanol–water partition coefficient (Wildman–Crippen LogP) is 9.97. The molecule has 0 saturated carbocycles. The first kappa shape index (κ1) is 47.1. The van der Waals surface area contributed by atoms with Crippen molar-refractivity contribution in [1.29, 1.82) is 0 Å². The molecular formula is C44H82ClNO2. The maximum atomic E-state index is 6.21. The Morgan fingerprint density at radius 1 is 0.438 bits per heavy atom. The zero-order chi connectivity index (χ0) is 33.9. The minimum atomic E-state index is 0. The second kappa shape index (κ2) is 35.9. The number of hydrogen-bond donors (Lipinski definition) is 0. The summed E-state index contributed by atoms with van der Waals surface area (Å²) in [7, 11) is 4.75. The van der Waals surface area contributed by atoms with Gasteiger partial charge in [0.25, 0.3) is 0 Å². The first-order valence-electron chi connectivity index (χ1n) is 20.7. The van der Waals surface area contributed by atoms with Crippen LogP contribution in [0.15, 0.2) is 48.6 Å². The van der Waals surface area contributed by atoms with Gasteiger partial charge in [-0.25, -0.2) is 0 Å². The number of allylic oxidation sites excluding steroid dienone is 8. The summed E-state index contributed by atoms with van der Waals surface area (Å²) in [6, 6.07) is 0. The average Bonchev–Trinajstić information content (AvgIpc) is 3.36. The van der Waals surface area contributed by atoms with Gasteiger partial charge in [-0.05, 0) is 77.0 Å². The molecule has 1 heterocycles. The standard InChI is InChI=1S/C44H82NO2.ClH/c1-5-7-9-11-13-15-17-19-21-23-25-27-29-31-33-35-37-46-41-43-39-45(3,4)40-44(43)42-47-38-36-34-32-30-28-26-24-22-20-18-16-14-12-10-8-6-2;/h13-16,19-22,43-44H,5-12,17-18,23-42H2,1-4H3;1H/q+1;/p-1/b15-13-,16-14-,21-19-,22-20-;/t43-,44-;/m0./s1. The Morgan fingerprint density at radius 3 is 1.10 bits per heavy atom. The van der Waals surface area contributed by atoms with E-state index in [1.807, 2.05) is 0 Å². The maximum absolute atomic E-state index is 6.21. The Balaban J connectivity index is 0.0000221. The van der Waals surface area contributed by atoms with Crippen LogP contribution >= 0.6 is 0 Å². The van der Waals surface area contributed by atoms with Crippen molar-refractivity contribution in [2.24, 2.45) is 11.8 Å². The van der Waals surface area contributed by atoms with E-state index in [-0.39, 0.29) is 12.4 Å². The Kier molecular flexibility index (Phi) is 35.3. The van der Waals surface area contributed by atoms with E-state index in [2.05, 4.69) is 76.6 Å². The number of unbranched alkanes of at least 4 members (excludes halogenated alkanes) is 18. The van der Waals surface area contributed by atoms with Crippen molar-refractivity contribution >= 4 is 0 Å². The highest BCUT2D eigenvalue weighted by Gasteiger charge is 2.40. The van der Waals surface area contributed by atoms with Gasteiger partial charge in [-0.15, -0.1) is 0 Å². The van der Waals surface area contributed by atoms with Crippen molar-refractivity contribution in [1.82, 2.24) is 0 Å². The van der Waals surface area contributed by atoms with Gasteiger partial charge in [0.15, 0.2) is 0 Å². The van der Waals surface area contributed by atoms with Crippen LogP contribution in [-0.2, 0) is 9.47 Å². The van der Waals surface area contributed by atoms with Crippen molar-refractivity contribution in [2.45, 2.75) is 168 Å². The highest BCUT2D eigenvalue weighted by molar-refractivity contribution is 4.93. The van der Waals surface area contributed by atoms with Crippen LogP contribution < -0.4 is 12.4 Å². The van der Waals surface area contributed by atoms with Crippen LogP contribution in [0.2, 0.25) is 0 Å². The van der Waals surface area contributed by atoms with E-state index < -0.39 is 0 Å². The molecule has 4 heteroatoms. The van der Waals surface area contributed by atoms with Crippen LogP contribution in [0, 0.1) is 11.8 Å². The van der Waals surface area contributed by atoms with Gasteiger partial charge < -0.3 is 26.4 Å². The largest absolute Gasteiger partial charge is 1.00 e. The number of nitrogens with zero attached hydrogens (tertiary/aromatic N) is 1. The molecule has 1 aliphatic rings. The number of rotatable bonds is 34. The van der Waals surface area contributed by atoms with Crippen LogP contribution in [0.1, 0.15) is 168 Å². The molecular weight excluding hydrogens is 610 g/mol. The molecule has 0 spiro atoms. The first-order valence-corrected chi connectivity index (χ1v) is 20.7. The summed E-state index contributed by atoms with van der Waals surface area (Å²) in [5.74, 6) is 1.29. The quantitative estimate of drug-likeness (QED) is 0.0380. The number of ether oxygens (including phenoxy) is 2. The molecule has 0 amide bonds. The highest BCUT2D eigenvalue weighted by Crippen LogP contribution is 2.28. The number of quaternary nitrogens is 1. The predicted molar refractivity (Wildman–Crippen MR) is 209 cm³/mol. The molecule has 0 aromatic rings. The van der Waals surface area contributed by atoms with Gasteiger partial charge in [-0.2, -0.15) is 0 Å². The van der Waals surface area contributed by atoms with E-state index in [1.54, 1.807) is 0 Å². The Morgan fingerprint density at radius 2 is 0.750 bits per heavy atom. The van der Waals surface area contributed by atoms with E-state index in [9.17, 15) is 0 Å². The zero-order valence-electron chi connectivity index (χ0n) is 32.6. The van der Waals surface area contributed by atoms with Gasteiger partial charge in [0.2, 0.25) is 0 Å². The fourth-order valence-electron chi connectivity index (χ4n) is 6.87. The molecule has 0 aliphatic carbocycles. The third kappa shape index (κ3) is 31.1. The fourth-order valence-corrected chi connectivity index (χ4v) is 6.87. The van der Waals surface area contributed by atoms with Crippen LogP contribution in [0.4, 0.5) is 0 Å². The zero-order valence-corrected chi connectivity index (χ0v) is 33.4. The SMILES string of the molecule is CCCCC/C=C\C/C=C\CCCCCCCCOC[C@@H]1C[N+](C)(C)C[C@H]1COCCCCCCCC/C=C\C/C=C\CCCCC.[Cl-]. The second-order valence-corrected chi connectivity index (χ2v) is 15.1. The second-order valence-electron chi connectivity index (χ2n) is 15.1. The van der Waals surface area contributed by atoms with Gasteiger partial charge in [-0.3, -0.25) is 0 Å². The summed E-state index contributed by atoms with van der Waals surface area (Å²) >= 11 is 0. The van der Waals surface area contributed by atoms with Crippen LogP contribution in [0.5, 0.6) is 0 Å². The van der Waals surface area contributed by atoms with Crippen molar-refractivity contribution < 1.29 is 26.4 Å². The lowest BCUT2D eigenvalue weighted by Crippen LogP contribution is -3.00. The molecule has 1 aliphatic heterocycles. The Hall–Kier alpha value is -0.870. The maximum Gasteiger partial charge on any atom is 0.0839 e. The van der Waals surface area contributed by atoms with Crippen molar-refractivity contribution in [3.8, 4) is 0 Å². The van der Waals surface area contributed by atoms with Crippen LogP contribution in [0.25, 0.3) is 0 Å². The summed E-state index contributed by atoms with van der Waals surface area (Å²) in [5, 5.41) is 0. The lowest BCUT2D eigenvalue weighted by molar-refractivity contribution is -0.880. The first-order chi connectivity index (χ1) is 23.1. The van der Waals surface area contributed by atoms with Crippen molar-refractivity contribution in [3.05, 3.63) is 48.6 Å². The normalized spacial score (nSPS) is 17.9. The summed E-state index contributed by atoms with van der Waals surface area (Å²) in [6.45, 7) is 10.7. The minimum Gasteiger partial charge on any atom is -1.00 e. The summed E-state index contributed by atoms with van der Waals surface area (Å²) < 4.78 is 13.5. The molecule has 1 saturated heterocycles. The molecule has 0 unspecified atom stereocenters. The molecule has 2 atom stereocenters. The molecule has 0 bridgehead atoms. The molecule has 1 rings (SSSR count). The smallest absolute Gasteiger partial charge is 0.0839 e. The molecule has 0 aromatic heterocycles. The molecule has 1 fully saturated rings. The molecule has 3 nitrogen and oxygen atoms in total. The van der Waals surface area contributed by atoms with Crippen LogP contribution in [0.3, 0.4) is 0 Å². The summed E-state index contributed by atoms with van der Waals surface area (Å²) in [6.07, 6.45) is 49.9. The number of likely N-dealkylation sites (tertiary alicyclic amines) is 1.